The zero-order chi connectivity index (χ0) is 19.9. The van der Waals surface area contributed by atoms with E-state index in [4.69, 9.17) is 22.1 Å². The minimum absolute atomic E-state index is 0.0601. The van der Waals surface area contributed by atoms with E-state index in [1.54, 1.807) is 0 Å². The molecule has 27 heavy (non-hydrogen) atoms. The molecule has 5 N–H and O–H groups in total. The number of ether oxygens (including phenoxy) is 1. The molecule has 0 bridgehead atoms. The summed E-state index contributed by atoms with van der Waals surface area (Å²) in [4.78, 5) is 12.4. The fourth-order valence-electron chi connectivity index (χ4n) is 2.44. The second-order valence-electron chi connectivity index (χ2n) is 5.79. The van der Waals surface area contributed by atoms with Crippen LogP contribution in [0.15, 0.2) is 23.1 Å². The van der Waals surface area contributed by atoms with E-state index < -0.39 is 20.6 Å². The average Bonchev–Trinajstić information content (AvgIpc) is 2.63. The molecule has 11 nitrogen and oxygen atoms in total. The number of hydrogen-bond donors (Lipinski definition) is 4. The number of sulfonamides is 1. The Morgan fingerprint density at radius 3 is 2.70 bits per heavy atom. The minimum Gasteiger partial charge on any atom is -0.379 e. The van der Waals surface area contributed by atoms with Crippen molar-refractivity contribution in [2.24, 2.45) is 5.14 Å². The summed E-state index contributed by atoms with van der Waals surface area (Å²) < 4.78 is 27.9. The number of nitrogens with zero attached hydrogens (tertiary/aromatic N) is 2. The summed E-state index contributed by atoms with van der Waals surface area (Å²) in [7, 11) is -4.03. The number of thiocarbonyl (C=S) groups is 1. The maximum absolute atomic E-state index is 11.3. The first kappa shape index (κ1) is 21.2. The third kappa shape index (κ3) is 6.88. The Bertz CT molecular complexity index is 782. The number of nitro groups is 1. The van der Waals surface area contributed by atoms with Crippen LogP contribution in [0, 0.1) is 10.1 Å². The van der Waals surface area contributed by atoms with Gasteiger partial charge in [-0.15, -0.1) is 0 Å². The Balaban J connectivity index is 1.81. The van der Waals surface area contributed by atoms with E-state index in [9.17, 15) is 18.5 Å². The van der Waals surface area contributed by atoms with Crippen molar-refractivity contribution in [2.45, 2.75) is 11.3 Å². The van der Waals surface area contributed by atoms with E-state index in [1.807, 2.05) is 0 Å². The summed E-state index contributed by atoms with van der Waals surface area (Å²) in [5.74, 6) is 0. The Morgan fingerprint density at radius 2 is 2.07 bits per heavy atom. The molecule has 0 spiro atoms. The number of anilines is 1. The lowest BCUT2D eigenvalue weighted by Gasteiger charge is -2.26. The normalized spacial score (nSPS) is 15.1. The highest BCUT2D eigenvalue weighted by atomic mass is 32.2. The number of nitrogens with one attached hydrogen (secondary N) is 3. The summed E-state index contributed by atoms with van der Waals surface area (Å²) in [5, 5.41) is 19.4. The van der Waals surface area contributed by atoms with Crippen LogP contribution in [0.25, 0.3) is 0 Å². The van der Waals surface area contributed by atoms with Crippen molar-refractivity contribution in [3.05, 3.63) is 28.3 Å². The van der Waals surface area contributed by atoms with Crippen molar-refractivity contribution >= 4 is 38.7 Å². The first-order valence-electron chi connectivity index (χ1n) is 8.18. The second kappa shape index (κ2) is 9.75. The molecule has 1 heterocycles. The van der Waals surface area contributed by atoms with Crippen LogP contribution < -0.4 is 21.3 Å². The smallest absolute Gasteiger partial charge is 0.295 e. The lowest BCUT2D eigenvalue weighted by molar-refractivity contribution is -0.384. The Morgan fingerprint density at radius 1 is 1.37 bits per heavy atom. The van der Waals surface area contributed by atoms with E-state index in [2.05, 4.69) is 21.1 Å². The van der Waals surface area contributed by atoms with Crippen LogP contribution in [-0.2, 0) is 14.8 Å². The lowest BCUT2D eigenvalue weighted by atomic mass is 10.3. The van der Waals surface area contributed by atoms with Crippen LogP contribution in [0.4, 0.5) is 11.4 Å². The van der Waals surface area contributed by atoms with Crippen LogP contribution in [0.1, 0.15) is 6.42 Å². The number of benzene rings is 1. The van der Waals surface area contributed by atoms with Crippen LogP contribution >= 0.6 is 12.2 Å². The molecule has 0 amide bonds. The maximum Gasteiger partial charge on any atom is 0.295 e. The van der Waals surface area contributed by atoms with Gasteiger partial charge >= 0.3 is 0 Å². The standard InChI is InChI=1S/C14H22N6O5S2/c15-27(23,24)11-2-3-12(13(10-11)20(21)22)17-18-14(26)16-4-1-5-19-6-8-25-9-7-19/h2-3,10,17H,1,4-9H2,(H2,15,23,24)(H2,16,18,26). The Kier molecular flexibility index (Phi) is 7.67. The van der Waals surface area contributed by atoms with Gasteiger partial charge in [0.25, 0.3) is 5.69 Å². The highest BCUT2D eigenvalue weighted by Gasteiger charge is 2.19. The van der Waals surface area contributed by atoms with Crippen LogP contribution in [0.5, 0.6) is 0 Å². The highest BCUT2D eigenvalue weighted by molar-refractivity contribution is 7.89. The zero-order valence-electron chi connectivity index (χ0n) is 14.5. The fraction of sp³-hybridized carbons (Fsp3) is 0.500. The molecule has 1 aromatic carbocycles. The van der Waals surface area contributed by atoms with Gasteiger partial charge in [-0.3, -0.25) is 25.9 Å². The van der Waals surface area contributed by atoms with Gasteiger partial charge in [-0.25, -0.2) is 13.6 Å². The number of hydrogen-bond acceptors (Lipinski definition) is 8. The number of primary sulfonamides is 1. The Hall–Kier alpha value is -2.06. The molecule has 2 rings (SSSR count). The van der Waals surface area contributed by atoms with Crippen LogP contribution in [0.3, 0.4) is 0 Å². The second-order valence-corrected chi connectivity index (χ2v) is 7.76. The summed E-state index contributed by atoms with van der Waals surface area (Å²) >= 11 is 5.11. The van der Waals surface area contributed by atoms with Gasteiger partial charge in [0, 0.05) is 25.7 Å². The van der Waals surface area contributed by atoms with Crippen molar-refractivity contribution in [3.8, 4) is 0 Å². The molecule has 1 aromatic rings. The number of nitro benzene ring substituents is 1. The molecule has 1 fully saturated rings. The van der Waals surface area contributed by atoms with Crippen molar-refractivity contribution in [1.82, 2.24) is 15.6 Å². The maximum atomic E-state index is 11.3. The third-order valence-electron chi connectivity index (χ3n) is 3.85. The molecule has 0 unspecified atom stereocenters. The van der Waals surface area contributed by atoms with Gasteiger partial charge in [0.05, 0.1) is 23.0 Å². The molecular formula is C14H22N6O5S2. The van der Waals surface area contributed by atoms with Gasteiger partial charge in [0.2, 0.25) is 10.0 Å². The molecule has 0 radical (unpaired) electrons. The van der Waals surface area contributed by atoms with Crippen molar-refractivity contribution < 1.29 is 18.1 Å². The largest absolute Gasteiger partial charge is 0.379 e. The summed E-state index contributed by atoms with van der Waals surface area (Å²) in [6.45, 7) is 4.90. The number of nitrogens with two attached hydrogens (primary N) is 1. The molecule has 1 aliphatic heterocycles. The SMILES string of the molecule is NS(=O)(=O)c1ccc(NNC(=S)NCCCN2CCOCC2)c([N+](=O)[O-])c1. The first-order chi connectivity index (χ1) is 12.8. The number of rotatable bonds is 8. The fourth-order valence-corrected chi connectivity index (χ4v) is 3.13. The highest BCUT2D eigenvalue weighted by Crippen LogP contribution is 2.26. The molecule has 1 aliphatic rings. The molecule has 1 saturated heterocycles. The topological polar surface area (TPSA) is 152 Å². The summed E-state index contributed by atoms with van der Waals surface area (Å²) in [5.41, 5.74) is 4.87. The number of morpholine rings is 1. The molecule has 0 atom stereocenters. The van der Waals surface area contributed by atoms with Gasteiger partial charge in [0.1, 0.15) is 5.69 Å². The van der Waals surface area contributed by atoms with E-state index in [0.29, 0.717) is 6.54 Å². The quantitative estimate of drug-likeness (QED) is 0.192. The van der Waals surface area contributed by atoms with Crippen molar-refractivity contribution in [2.75, 3.05) is 44.8 Å². The molecule has 0 aromatic heterocycles. The van der Waals surface area contributed by atoms with Gasteiger partial charge in [-0.2, -0.15) is 0 Å². The van der Waals surface area contributed by atoms with Crippen molar-refractivity contribution in [1.29, 1.82) is 0 Å². The predicted molar refractivity (Wildman–Crippen MR) is 104 cm³/mol. The predicted octanol–water partition coefficient (Wildman–Crippen LogP) is -0.244. The lowest BCUT2D eigenvalue weighted by Crippen LogP contribution is -2.41. The zero-order valence-corrected chi connectivity index (χ0v) is 16.1. The van der Waals surface area contributed by atoms with Gasteiger partial charge in [0.15, 0.2) is 5.11 Å². The summed E-state index contributed by atoms with van der Waals surface area (Å²) in [6, 6.07) is 3.30. The monoisotopic (exact) mass is 418 g/mol. The van der Waals surface area contributed by atoms with E-state index in [1.165, 1.54) is 12.1 Å². The minimum atomic E-state index is -4.03. The van der Waals surface area contributed by atoms with E-state index in [-0.39, 0.29) is 15.7 Å². The van der Waals surface area contributed by atoms with Crippen LogP contribution in [0.2, 0.25) is 0 Å². The third-order valence-corrected chi connectivity index (χ3v) is 5.00. The molecule has 13 heteroatoms. The first-order valence-corrected chi connectivity index (χ1v) is 10.1. The van der Waals surface area contributed by atoms with Gasteiger partial charge in [-0.1, -0.05) is 0 Å². The number of hydrazine groups is 1. The Labute approximate surface area is 162 Å². The molecule has 0 aliphatic carbocycles. The molecular weight excluding hydrogens is 396 g/mol. The van der Waals surface area contributed by atoms with Crippen molar-refractivity contribution in [3.63, 3.8) is 0 Å². The average molecular weight is 419 g/mol. The van der Waals surface area contributed by atoms with Gasteiger partial charge < -0.3 is 10.1 Å². The van der Waals surface area contributed by atoms with E-state index >= 15 is 0 Å². The van der Waals surface area contributed by atoms with Gasteiger partial charge in [-0.05, 0) is 37.3 Å². The summed E-state index contributed by atoms with van der Waals surface area (Å²) in [6.07, 6.45) is 0.880. The van der Waals surface area contributed by atoms with Crippen LogP contribution in [-0.4, -0.2) is 62.7 Å². The van der Waals surface area contributed by atoms with E-state index in [0.717, 1.165) is 45.3 Å². The molecule has 0 saturated carbocycles. The molecule has 150 valence electrons.